The molecule has 0 radical (unpaired) electrons. The zero-order valence-electron chi connectivity index (χ0n) is 8.07. The molecule has 80 valence electrons. The van der Waals surface area contributed by atoms with Crippen molar-refractivity contribution in [1.82, 2.24) is 14.8 Å². The van der Waals surface area contributed by atoms with Gasteiger partial charge in [-0.1, -0.05) is 22.9 Å². The Morgan fingerprint density at radius 1 is 1.60 bits per heavy atom. The van der Waals surface area contributed by atoms with Gasteiger partial charge in [0, 0.05) is 11.1 Å². The van der Waals surface area contributed by atoms with E-state index in [1.165, 1.54) is 11.3 Å². The average Bonchev–Trinajstić information content (AvgIpc) is 2.80. The monoisotopic (exact) mass is 243 g/mol. The first kappa shape index (κ1) is 10.4. The zero-order valence-corrected chi connectivity index (χ0v) is 9.64. The number of anilines is 1. The molecule has 7 heteroatoms. The molecule has 0 fully saturated rings. The summed E-state index contributed by atoms with van der Waals surface area (Å²) in [7, 11) is 0. The lowest BCUT2D eigenvalue weighted by Gasteiger charge is -2.00. The van der Waals surface area contributed by atoms with Gasteiger partial charge in [0.1, 0.15) is 0 Å². The third kappa shape index (κ3) is 2.11. The molecule has 2 heterocycles. The quantitative estimate of drug-likeness (QED) is 0.635. The fourth-order valence-electron chi connectivity index (χ4n) is 1.18. The molecular formula is C8H10ClN5S. The van der Waals surface area contributed by atoms with Gasteiger partial charge < -0.3 is 0 Å². The van der Waals surface area contributed by atoms with Crippen LogP contribution in [0.4, 0.5) is 5.13 Å². The van der Waals surface area contributed by atoms with E-state index in [2.05, 4.69) is 15.5 Å². The summed E-state index contributed by atoms with van der Waals surface area (Å²) in [6, 6.07) is 0. The molecule has 0 spiro atoms. The molecule has 0 aliphatic heterocycles. The molecule has 15 heavy (non-hydrogen) atoms. The molecule has 2 rings (SSSR count). The predicted molar refractivity (Wildman–Crippen MR) is 61.0 cm³/mol. The molecule has 3 N–H and O–H groups in total. The van der Waals surface area contributed by atoms with Crippen molar-refractivity contribution < 1.29 is 0 Å². The summed E-state index contributed by atoms with van der Waals surface area (Å²) >= 11 is 7.39. The number of nitrogen functional groups attached to an aromatic ring is 1. The van der Waals surface area contributed by atoms with Crippen LogP contribution in [0.3, 0.4) is 0 Å². The molecule has 0 aliphatic carbocycles. The molecule has 0 atom stereocenters. The standard InChI is InChI=1S/C8H10ClN5S/c1-5-7(9)3-12-14(5)4-6-2-11-8(13-10)15-6/h2-3H,4,10H2,1H3,(H,11,13). The third-order valence-electron chi connectivity index (χ3n) is 2.03. The predicted octanol–water partition coefficient (Wildman–Crippen LogP) is 1.64. The Balaban J connectivity index is 2.18. The second-order valence-electron chi connectivity index (χ2n) is 3.01. The Morgan fingerprint density at radius 2 is 2.40 bits per heavy atom. The molecule has 2 aromatic heterocycles. The SMILES string of the molecule is Cc1c(Cl)cnn1Cc1cnc(NN)s1. The van der Waals surface area contributed by atoms with Gasteiger partial charge in [-0.2, -0.15) is 5.10 Å². The zero-order chi connectivity index (χ0) is 10.8. The van der Waals surface area contributed by atoms with Crippen LogP contribution in [0.5, 0.6) is 0 Å². The highest BCUT2D eigenvalue weighted by Crippen LogP contribution is 2.20. The van der Waals surface area contributed by atoms with Crippen LogP contribution in [0, 0.1) is 6.92 Å². The highest BCUT2D eigenvalue weighted by molar-refractivity contribution is 7.15. The minimum atomic E-state index is 0.665. The molecule has 0 aliphatic rings. The molecule has 0 saturated carbocycles. The summed E-state index contributed by atoms with van der Waals surface area (Å²) < 4.78 is 1.83. The number of thiazole rings is 1. The van der Waals surface area contributed by atoms with E-state index in [9.17, 15) is 0 Å². The van der Waals surface area contributed by atoms with E-state index in [0.29, 0.717) is 16.7 Å². The number of nitrogens with zero attached hydrogens (tertiary/aromatic N) is 3. The molecular weight excluding hydrogens is 234 g/mol. The van der Waals surface area contributed by atoms with E-state index < -0.39 is 0 Å². The van der Waals surface area contributed by atoms with Crippen LogP contribution < -0.4 is 11.3 Å². The van der Waals surface area contributed by atoms with E-state index in [0.717, 1.165) is 10.6 Å². The van der Waals surface area contributed by atoms with Crippen LogP contribution in [-0.4, -0.2) is 14.8 Å². The summed E-state index contributed by atoms with van der Waals surface area (Å²) in [6.07, 6.45) is 3.41. The lowest BCUT2D eigenvalue weighted by molar-refractivity contribution is 0.671. The molecule has 2 aromatic rings. The summed E-state index contributed by atoms with van der Waals surface area (Å²) in [5, 5.41) is 5.53. The van der Waals surface area contributed by atoms with Gasteiger partial charge in [-0.05, 0) is 6.92 Å². The molecule has 0 aromatic carbocycles. The van der Waals surface area contributed by atoms with Crippen LogP contribution in [0.25, 0.3) is 0 Å². The topological polar surface area (TPSA) is 68.8 Å². The van der Waals surface area contributed by atoms with Crippen molar-refractivity contribution in [2.45, 2.75) is 13.5 Å². The summed E-state index contributed by atoms with van der Waals surface area (Å²) in [4.78, 5) is 5.15. The van der Waals surface area contributed by atoms with Gasteiger partial charge >= 0.3 is 0 Å². The minimum Gasteiger partial charge on any atom is -0.300 e. The van der Waals surface area contributed by atoms with Crippen molar-refractivity contribution in [3.63, 3.8) is 0 Å². The van der Waals surface area contributed by atoms with E-state index in [4.69, 9.17) is 17.4 Å². The summed E-state index contributed by atoms with van der Waals surface area (Å²) in [5.41, 5.74) is 3.46. The first-order valence-corrected chi connectivity index (χ1v) is 5.49. The van der Waals surface area contributed by atoms with Gasteiger partial charge in [0.2, 0.25) is 0 Å². The largest absolute Gasteiger partial charge is 0.300 e. The average molecular weight is 244 g/mol. The van der Waals surface area contributed by atoms with Crippen molar-refractivity contribution in [3.05, 3.63) is 28.0 Å². The number of aromatic nitrogens is 3. The van der Waals surface area contributed by atoms with Crippen molar-refractivity contribution in [3.8, 4) is 0 Å². The Kier molecular flexibility index (Phi) is 2.90. The number of hydrazine groups is 1. The number of halogens is 1. The number of hydrogen-bond acceptors (Lipinski definition) is 5. The summed E-state index contributed by atoms with van der Waals surface area (Å²) in [5.74, 6) is 5.24. The van der Waals surface area contributed by atoms with Gasteiger partial charge in [-0.3, -0.25) is 10.1 Å². The normalized spacial score (nSPS) is 10.6. The van der Waals surface area contributed by atoms with Gasteiger partial charge in [-0.15, -0.1) is 0 Å². The number of hydrogen-bond donors (Lipinski definition) is 2. The maximum atomic E-state index is 5.90. The van der Waals surface area contributed by atoms with E-state index in [1.54, 1.807) is 12.4 Å². The van der Waals surface area contributed by atoms with Gasteiger partial charge in [0.05, 0.1) is 23.5 Å². The van der Waals surface area contributed by atoms with Gasteiger partial charge in [0.15, 0.2) is 5.13 Å². The highest BCUT2D eigenvalue weighted by Gasteiger charge is 2.06. The molecule has 0 saturated heterocycles. The van der Waals surface area contributed by atoms with Crippen LogP contribution in [0.1, 0.15) is 10.6 Å². The van der Waals surface area contributed by atoms with E-state index in [1.807, 2.05) is 11.6 Å². The van der Waals surface area contributed by atoms with Crippen molar-refractivity contribution in [2.24, 2.45) is 5.84 Å². The second kappa shape index (κ2) is 4.18. The Hall–Kier alpha value is -1.11. The first-order valence-electron chi connectivity index (χ1n) is 4.30. The fourth-order valence-corrected chi connectivity index (χ4v) is 2.02. The van der Waals surface area contributed by atoms with Crippen molar-refractivity contribution in [2.75, 3.05) is 5.43 Å². The van der Waals surface area contributed by atoms with Crippen LogP contribution in [-0.2, 0) is 6.54 Å². The maximum Gasteiger partial charge on any atom is 0.197 e. The molecule has 0 amide bonds. The lowest BCUT2D eigenvalue weighted by Crippen LogP contribution is -2.05. The third-order valence-corrected chi connectivity index (χ3v) is 3.31. The first-order chi connectivity index (χ1) is 7.20. The summed E-state index contributed by atoms with van der Waals surface area (Å²) in [6.45, 7) is 2.59. The smallest absolute Gasteiger partial charge is 0.197 e. The Labute approximate surface area is 95.8 Å². The fraction of sp³-hybridized carbons (Fsp3) is 0.250. The van der Waals surface area contributed by atoms with Gasteiger partial charge in [-0.25, -0.2) is 10.8 Å². The number of rotatable bonds is 3. The molecule has 0 bridgehead atoms. The molecule has 0 unspecified atom stereocenters. The van der Waals surface area contributed by atoms with E-state index in [-0.39, 0.29) is 0 Å². The van der Waals surface area contributed by atoms with Crippen LogP contribution >= 0.6 is 22.9 Å². The number of nitrogens with two attached hydrogens (primary N) is 1. The lowest BCUT2D eigenvalue weighted by atomic mass is 10.4. The highest BCUT2D eigenvalue weighted by atomic mass is 35.5. The maximum absolute atomic E-state index is 5.90. The van der Waals surface area contributed by atoms with Crippen molar-refractivity contribution >= 4 is 28.1 Å². The van der Waals surface area contributed by atoms with Crippen LogP contribution in [0.15, 0.2) is 12.4 Å². The number of nitrogens with one attached hydrogen (secondary N) is 1. The van der Waals surface area contributed by atoms with Crippen LogP contribution in [0.2, 0.25) is 5.02 Å². The van der Waals surface area contributed by atoms with Gasteiger partial charge in [0.25, 0.3) is 0 Å². The van der Waals surface area contributed by atoms with Crippen molar-refractivity contribution in [1.29, 1.82) is 0 Å². The van der Waals surface area contributed by atoms with E-state index >= 15 is 0 Å². The molecule has 5 nitrogen and oxygen atoms in total. The minimum absolute atomic E-state index is 0.665. The second-order valence-corrected chi connectivity index (χ2v) is 4.53. The Bertz CT molecular complexity index is 463. The Morgan fingerprint density at radius 3 is 2.93 bits per heavy atom.